The number of carbonyl (C=O) groups is 2. The van der Waals surface area contributed by atoms with Gasteiger partial charge in [0.25, 0.3) is 0 Å². The van der Waals surface area contributed by atoms with Gasteiger partial charge in [-0.1, -0.05) is 129 Å². The number of unbranched alkanes of at least 4 members (excludes halogenated alkanes) is 18. The zero-order valence-electron chi connectivity index (χ0n) is 31.9. The maximum atomic E-state index is 12.7. The Morgan fingerprint density at radius 3 is 1.52 bits per heavy atom. The highest BCUT2D eigenvalue weighted by Gasteiger charge is 2.51. The molecule has 0 spiro atoms. The van der Waals surface area contributed by atoms with E-state index in [-0.39, 0.29) is 12.8 Å². The predicted octanol–water partition coefficient (Wildman–Crippen LogP) is 6.33. The molecule has 0 radical (unpaired) electrons. The van der Waals surface area contributed by atoms with Crippen molar-refractivity contribution in [3.63, 3.8) is 0 Å². The van der Waals surface area contributed by atoms with E-state index in [0.717, 1.165) is 64.2 Å². The van der Waals surface area contributed by atoms with Crippen LogP contribution in [0.4, 0.5) is 0 Å². The van der Waals surface area contributed by atoms with Crippen molar-refractivity contribution in [2.45, 2.75) is 204 Å². The maximum Gasteiger partial charge on any atom is 0.472 e. The lowest BCUT2D eigenvalue weighted by atomic mass is 9.85. The summed E-state index contributed by atoms with van der Waals surface area (Å²) in [6.07, 6.45) is 14.3. The molecule has 0 aliphatic heterocycles. The summed E-state index contributed by atoms with van der Waals surface area (Å²) in [7, 11) is -5.10. The standard InChI is InChI=1S/C38H71O13P/c1-3-5-7-9-11-13-15-17-19-21-23-25-27-32(40)50-30(28-48-31(39)26-24-22-20-18-16-14-12-10-8-6-4-2)29-49-52(46,47)51-38-36(44)34(42)33(41)35(43)37(38)45/h10,12,30,33-38,41-45H,3-9,11,13-29H2,1-2H3,(H,46,47)/b12-10-/t30-,33?,34-,35?,36?,37?,38?/m1/s1. The molecular formula is C38H71O13P. The molecule has 0 heterocycles. The predicted molar refractivity (Wildman–Crippen MR) is 198 cm³/mol. The van der Waals surface area contributed by atoms with Gasteiger partial charge in [0.2, 0.25) is 0 Å². The molecular weight excluding hydrogens is 695 g/mol. The Kier molecular flexibility index (Phi) is 27.9. The fraction of sp³-hybridized carbons (Fsp3) is 0.895. The average molecular weight is 767 g/mol. The number of rotatable bonds is 32. The van der Waals surface area contributed by atoms with Crippen LogP contribution < -0.4 is 0 Å². The molecule has 13 nitrogen and oxygen atoms in total. The van der Waals surface area contributed by atoms with Crippen molar-refractivity contribution in [3.05, 3.63) is 12.2 Å². The second kappa shape index (κ2) is 29.9. The van der Waals surface area contributed by atoms with E-state index in [0.29, 0.717) is 12.8 Å². The molecule has 0 saturated heterocycles. The third-order valence-electron chi connectivity index (χ3n) is 9.36. The van der Waals surface area contributed by atoms with Gasteiger partial charge in [0, 0.05) is 12.8 Å². The van der Waals surface area contributed by atoms with E-state index in [4.69, 9.17) is 18.5 Å². The summed E-state index contributed by atoms with van der Waals surface area (Å²) < 4.78 is 33.3. The third kappa shape index (κ3) is 22.7. The summed E-state index contributed by atoms with van der Waals surface area (Å²) >= 11 is 0. The minimum atomic E-state index is -5.10. The average Bonchev–Trinajstić information content (AvgIpc) is 3.12. The second-order valence-electron chi connectivity index (χ2n) is 14.1. The minimum absolute atomic E-state index is 0.0995. The molecule has 0 aromatic rings. The van der Waals surface area contributed by atoms with Gasteiger partial charge < -0.3 is 39.9 Å². The van der Waals surface area contributed by atoms with Crippen LogP contribution >= 0.6 is 7.82 Å². The van der Waals surface area contributed by atoms with Crippen LogP contribution in [-0.4, -0.2) is 98.3 Å². The monoisotopic (exact) mass is 766 g/mol. The molecule has 306 valence electrons. The van der Waals surface area contributed by atoms with Crippen LogP contribution in [-0.2, 0) is 32.7 Å². The van der Waals surface area contributed by atoms with Crippen molar-refractivity contribution < 1.29 is 63.1 Å². The fourth-order valence-electron chi connectivity index (χ4n) is 6.03. The van der Waals surface area contributed by atoms with Crippen molar-refractivity contribution in [3.8, 4) is 0 Å². The van der Waals surface area contributed by atoms with E-state index in [1.807, 2.05) is 0 Å². The Hall–Kier alpha value is -1.41. The lowest BCUT2D eigenvalue weighted by molar-refractivity contribution is -0.220. The molecule has 6 unspecified atom stereocenters. The van der Waals surface area contributed by atoms with Gasteiger partial charge in [0.05, 0.1) is 6.61 Å². The minimum Gasteiger partial charge on any atom is -0.462 e. The van der Waals surface area contributed by atoms with Crippen LogP contribution in [0.2, 0.25) is 0 Å². The van der Waals surface area contributed by atoms with Crippen LogP contribution in [0, 0.1) is 0 Å². The number of hydrogen-bond acceptors (Lipinski definition) is 12. The number of phosphoric acid groups is 1. The highest BCUT2D eigenvalue weighted by molar-refractivity contribution is 7.47. The summed E-state index contributed by atoms with van der Waals surface area (Å²) in [5, 5.41) is 49.9. The summed E-state index contributed by atoms with van der Waals surface area (Å²) in [5.74, 6) is -1.11. The summed E-state index contributed by atoms with van der Waals surface area (Å²) in [4.78, 5) is 35.4. The zero-order chi connectivity index (χ0) is 38.6. The number of esters is 2. The molecule has 0 bridgehead atoms. The first-order valence-corrected chi connectivity index (χ1v) is 21.5. The second-order valence-corrected chi connectivity index (χ2v) is 15.5. The maximum absolute atomic E-state index is 12.7. The van der Waals surface area contributed by atoms with Crippen LogP contribution in [0.5, 0.6) is 0 Å². The summed E-state index contributed by atoms with van der Waals surface area (Å²) in [6.45, 7) is 3.22. The van der Waals surface area contributed by atoms with Crippen LogP contribution in [0.25, 0.3) is 0 Å². The van der Waals surface area contributed by atoms with E-state index < -0.39 is 75.7 Å². The van der Waals surface area contributed by atoms with Gasteiger partial charge in [-0.2, -0.15) is 0 Å². The van der Waals surface area contributed by atoms with Gasteiger partial charge in [0.15, 0.2) is 6.10 Å². The molecule has 1 fully saturated rings. The molecule has 1 saturated carbocycles. The Labute approximate surface area is 312 Å². The molecule has 0 aromatic carbocycles. The molecule has 1 aliphatic rings. The van der Waals surface area contributed by atoms with Crippen molar-refractivity contribution >= 4 is 19.8 Å². The van der Waals surface area contributed by atoms with Crippen molar-refractivity contribution in [2.75, 3.05) is 13.2 Å². The number of aliphatic hydroxyl groups is 5. The molecule has 1 aliphatic carbocycles. The number of aliphatic hydroxyl groups excluding tert-OH is 5. The Balaban J connectivity index is 2.54. The topological polar surface area (TPSA) is 210 Å². The summed E-state index contributed by atoms with van der Waals surface area (Å²) in [6, 6.07) is 0. The van der Waals surface area contributed by atoms with E-state index in [1.54, 1.807) is 0 Å². The van der Waals surface area contributed by atoms with Crippen LogP contribution in [0.1, 0.15) is 162 Å². The first kappa shape index (κ1) is 48.6. The molecule has 52 heavy (non-hydrogen) atoms. The molecule has 1 rings (SSSR count). The van der Waals surface area contributed by atoms with Gasteiger partial charge >= 0.3 is 19.8 Å². The Bertz CT molecular complexity index is 980. The number of phosphoric ester groups is 1. The van der Waals surface area contributed by atoms with Crippen LogP contribution in [0.3, 0.4) is 0 Å². The summed E-state index contributed by atoms with van der Waals surface area (Å²) in [5.41, 5.74) is 0. The number of ether oxygens (including phenoxy) is 2. The fourth-order valence-corrected chi connectivity index (χ4v) is 7.00. The largest absolute Gasteiger partial charge is 0.472 e. The SMILES string of the molecule is CCCC/C=C\CCCCCCCC(=O)OC[C@H](COP(=O)(O)OC1C(O)C(O)C(O)[C@@H](O)C1O)OC(=O)CCCCCCCCCCCCCC. The Morgan fingerprint density at radius 2 is 1.00 bits per heavy atom. The van der Waals surface area contributed by atoms with Gasteiger partial charge in [-0.25, -0.2) is 4.57 Å². The van der Waals surface area contributed by atoms with Gasteiger partial charge in [-0.05, 0) is 32.1 Å². The highest BCUT2D eigenvalue weighted by atomic mass is 31.2. The molecule has 8 atom stereocenters. The molecule has 14 heteroatoms. The number of allylic oxidation sites excluding steroid dienone is 2. The Morgan fingerprint density at radius 1 is 0.577 bits per heavy atom. The lowest BCUT2D eigenvalue weighted by Crippen LogP contribution is -2.64. The first-order chi connectivity index (χ1) is 24.9. The van der Waals surface area contributed by atoms with E-state index in [2.05, 4.69) is 26.0 Å². The normalized spacial score (nSPS) is 23.8. The third-order valence-corrected chi connectivity index (χ3v) is 10.3. The quantitative estimate of drug-likeness (QED) is 0.0192. The van der Waals surface area contributed by atoms with Crippen LogP contribution in [0.15, 0.2) is 12.2 Å². The van der Waals surface area contributed by atoms with E-state index in [1.165, 1.54) is 57.8 Å². The lowest BCUT2D eigenvalue weighted by Gasteiger charge is -2.41. The van der Waals surface area contributed by atoms with E-state index >= 15 is 0 Å². The van der Waals surface area contributed by atoms with E-state index in [9.17, 15) is 44.6 Å². The van der Waals surface area contributed by atoms with Gasteiger partial charge in [-0.3, -0.25) is 18.6 Å². The van der Waals surface area contributed by atoms with Crippen molar-refractivity contribution in [2.24, 2.45) is 0 Å². The first-order valence-electron chi connectivity index (χ1n) is 20.0. The number of carbonyl (C=O) groups excluding carboxylic acids is 2. The van der Waals surface area contributed by atoms with Crippen molar-refractivity contribution in [1.29, 1.82) is 0 Å². The molecule has 6 N–H and O–H groups in total. The highest BCUT2D eigenvalue weighted by Crippen LogP contribution is 2.47. The molecule has 0 aromatic heterocycles. The van der Waals surface area contributed by atoms with Gasteiger partial charge in [0.1, 0.15) is 43.2 Å². The zero-order valence-corrected chi connectivity index (χ0v) is 32.8. The van der Waals surface area contributed by atoms with Gasteiger partial charge in [-0.15, -0.1) is 0 Å². The smallest absolute Gasteiger partial charge is 0.462 e. The molecule has 0 amide bonds. The van der Waals surface area contributed by atoms with Crippen molar-refractivity contribution in [1.82, 2.24) is 0 Å². The number of hydrogen-bond donors (Lipinski definition) is 6.